The molecule has 2 aliphatic rings. The molecular weight excluding hydrogens is 284 g/mol. The Balaban J connectivity index is 1.79. The zero-order valence-corrected chi connectivity index (χ0v) is 11.0. The van der Waals surface area contributed by atoms with Crippen LogP contribution in [-0.4, -0.2) is 25.3 Å². The number of ether oxygens (including phenoxy) is 2. The summed E-state index contributed by atoms with van der Waals surface area (Å²) in [5.41, 5.74) is 6.82. The number of nitrogens with one attached hydrogen (secondary N) is 1. The average molecular weight is 299 g/mol. The van der Waals surface area contributed by atoms with E-state index in [0.717, 1.165) is 34.5 Å². The van der Waals surface area contributed by atoms with Crippen LogP contribution in [0.2, 0.25) is 0 Å². The molecule has 0 unspecified atom stereocenters. The first-order valence-corrected chi connectivity index (χ1v) is 6.63. The standard InChI is InChI=1S/C12H15BrN2O2/c13-9-5-11-12(17-2-1-16-11)6-10(9)15-8-3-7(14)4-8/h5-8,15H,1-4,14H2. The first-order chi connectivity index (χ1) is 8.22. The summed E-state index contributed by atoms with van der Waals surface area (Å²) in [6, 6.07) is 4.77. The SMILES string of the molecule is NC1CC(Nc2cc3c(cc2Br)OCCO3)C1. The quantitative estimate of drug-likeness (QED) is 0.878. The van der Waals surface area contributed by atoms with Gasteiger partial charge < -0.3 is 20.5 Å². The van der Waals surface area contributed by atoms with Crippen molar-refractivity contribution in [2.75, 3.05) is 18.5 Å². The second kappa shape index (κ2) is 4.38. The predicted octanol–water partition coefficient (Wildman–Crippen LogP) is 2.12. The smallest absolute Gasteiger partial charge is 0.163 e. The molecule has 3 rings (SSSR count). The predicted molar refractivity (Wildman–Crippen MR) is 69.8 cm³/mol. The molecule has 4 nitrogen and oxygen atoms in total. The van der Waals surface area contributed by atoms with Gasteiger partial charge in [0.25, 0.3) is 0 Å². The van der Waals surface area contributed by atoms with Crippen LogP contribution in [0.4, 0.5) is 5.69 Å². The third kappa shape index (κ3) is 2.21. The van der Waals surface area contributed by atoms with Crippen LogP contribution in [0.15, 0.2) is 16.6 Å². The minimum atomic E-state index is 0.350. The zero-order chi connectivity index (χ0) is 11.8. The van der Waals surface area contributed by atoms with Crippen molar-refractivity contribution >= 4 is 21.6 Å². The Bertz CT molecular complexity index is 433. The molecule has 1 aromatic rings. The van der Waals surface area contributed by atoms with E-state index in [2.05, 4.69) is 21.2 Å². The monoisotopic (exact) mass is 298 g/mol. The Morgan fingerprint density at radius 1 is 1.18 bits per heavy atom. The van der Waals surface area contributed by atoms with Gasteiger partial charge in [-0.2, -0.15) is 0 Å². The summed E-state index contributed by atoms with van der Waals surface area (Å²) in [4.78, 5) is 0. The number of hydrogen-bond acceptors (Lipinski definition) is 4. The first kappa shape index (κ1) is 11.2. The van der Waals surface area contributed by atoms with Crippen LogP contribution in [0, 0.1) is 0 Å². The lowest BCUT2D eigenvalue weighted by molar-refractivity contribution is 0.171. The normalized spacial score (nSPS) is 26.2. The number of fused-ring (bicyclic) bond motifs is 1. The van der Waals surface area contributed by atoms with Gasteiger partial charge in [-0.15, -0.1) is 0 Å². The minimum absolute atomic E-state index is 0.350. The first-order valence-electron chi connectivity index (χ1n) is 5.83. The van der Waals surface area contributed by atoms with Gasteiger partial charge in [-0.3, -0.25) is 0 Å². The molecule has 1 aromatic carbocycles. The molecule has 92 valence electrons. The van der Waals surface area contributed by atoms with E-state index >= 15 is 0 Å². The van der Waals surface area contributed by atoms with E-state index in [-0.39, 0.29) is 0 Å². The summed E-state index contributed by atoms with van der Waals surface area (Å²) in [7, 11) is 0. The molecule has 1 saturated carbocycles. The van der Waals surface area contributed by atoms with Crippen LogP contribution in [0.5, 0.6) is 11.5 Å². The van der Waals surface area contributed by atoms with E-state index < -0.39 is 0 Å². The molecule has 0 saturated heterocycles. The van der Waals surface area contributed by atoms with Crippen molar-refractivity contribution in [3.8, 4) is 11.5 Å². The van der Waals surface area contributed by atoms with Gasteiger partial charge >= 0.3 is 0 Å². The maximum atomic E-state index is 5.78. The molecule has 1 heterocycles. The summed E-state index contributed by atoms with van der Waals surface area (Å²) < 4.78 is 12.1. The number of nitrogens with two attached hydrogens (primary N) is 1. The Labute approximate surface area is 109 Å². The number of anilines is 1. The second-order valence-corrected chi connectivity index (χ2v) is 5.40. The van der Waals surface area contributed by atoms with Gasteiger partial charge in [0, 0.05) is 28.7 Å². The van der Waals surface area contributed by atoms with Gasteiger partial charge in [0.15, 0.2) is 11.5 Å². The van der Waals surface area contributed by atoms with Gasteiger partial charge in [0.1, 0.15) is 13.2 Å². The summed E-state index contributed by atoms with van der Waals surface area (Å²) >= 11 is 3.54. The Morgan fingerprint density at radius 3 is 2.47 bits per heavy atom. The van der Waals surface area contributed by atoms with Crippen molar-refractivity contribution in [3.05, 3.63) is 16.6 Å². The van der Waals surface area contributed by atoms with E-state index in [1.54, 1.807) is 0 Å². The molecule has 0 radical (unpaired) electrons. The highest BCUT2D eigenvalue weighted by Gasteiger charge is 2.26. The van der Waals surface area contributed by atoms with Crippen LogP contribution in [-0.2, 0) is 0 Å². The average Bonchev–Trinajstić information content (AvgIpc) is 2.28. The summed E-state index contributed by atoms with van der Waals surface area (Å²) in [6.45, 7) is 1.23. The van der Waals surface area contributed by atoms with E-state index in [1.165, 1.54) is 0 Å². The van der Waals surface area contributed by atoms with Crippen LogP contribution in [0.3, 0.4) is 0 Å². The molecule has 0 spiro atoms. The maximum Gasteiger partial charge on any atom is 0.163 e. The molecule has 3 N–H and O–H groups in total. The fraction of sp³-hybridized carbons (Fsp3) is 0.500. The molecule has 1 fully saturated rings. The lowest BCUT2D eigenvalue weighted by Gasteiger charge is -2.34. The summed E-state index contributed by atoms with van der Waals surface area (Å²) in [5, 5.41) is 3.46. The number of hydrogen-bond donors (Lipinski definition) is 2. The molecule has 5 heteroatoms. The van der Waals surface area contributed by atoms with Crippen molar-refractivity contribution < 1.29 is 9.47 Å². The lowest BCUT2D eigenvalue weighted by atomic mass is 9.87. The van der Waals surface area contributed by atoms with E-state index in [0.29, 0.717) is 25.3 Å². The highest BCUT2D eigenvalue weighted by molar-refractivity contribution is 9.10. The number of rotatable bonds is 2. The van der Waals surface area contributed by atoms with Crippen molar-refractivity contribution in [3.63, 3.8) is 0 Å². The molecule has 0 amide bonds. The van der Waals surface area contributed by atoms with E-state index in [4.69, 9.17) is 15.2 Å². The highest BCUT2D eigenvalue weighted by atomic mass is 79.9. The largest absolute Gasteiger partial charge is 0.486 e. The topological polar surface area (TPSA) is 56.5 Å². The van der Waals surface area contributed by atoms with Crippen LogP contribution in [0.25, 0.3) is 0 Å². The Kier molecular flexibility index (Phi) is 2.88. The maximum absolute atomic E-state index is 5.78. The molecule has 0 bridgehead atoms. The minimum Gasteiger partial charge on any atom is -0.486 e. The Morgan fingerprint density at radius 2 is 1.82 bits per heavy atom. The second-order valence-electron chi connectivity index (χ2n) is 4.55. The van der Waals surface area contributed by atoms with Gasteiger partial charge in [0.2, 0.25) is 0 Å². The van der Waals surface area contributed by atoms with Gasteiger partial charge in [0.05, 0.1) is 5.69 Å². The van der Waals surface area contributed by atoms with Crippen LogP contribution >= 0.6 is 15.9 Å². The third-order valence-electron chi connectivity index (χ3n) is 3.17. The molecule has 17 heavy (non-hydrogen) atoms. The molecule has 1 aliphatic carbocycles. The lowest BCUT2D eigenvalue weighted by Crippen LogP contribution is -2.44. The molecular formula is C12H15BrN2O2. The van der Waals surface area contributed by atoms with Gasteiger partial charge in [-0.25, -0.2) is 0 Å². The fourth-order valence-electron chi connectivity index (χ4n) is 2.17. The molecule has 1 aliphatic heterocycles. The van der Waals surface area contributed by atoms with Crippen molar-refractivity contribution in [1.82, 2.24) is 0 Å². The van der Waals surface area contributed by atoms with E-state index in [1.807, 2.05) is 12.1 Å². The van der Waals surface area contributed by atoms with Crippen molar-refractivity contribution in [2.24, 2.45) is 5.73 Å². The Hall–Kier alpha value is -0.940. The van der Waals surface area contributed by atoms with Crippen LogP contribution < -0.4 is 20.5 Å². The molecule has 0 atom stereocenters. The van der Waals surface area contributed by atoms with Gasteiger partial charge in [-0.1, -0.05) is 0 Å². The van der Waals surface area contributed by atoms with E-state index in [9.17, 15) is 0 Å². The summed E-state index contributed by atoms with van der Waals surface area (Å²) in [5.74, 6) is 1.62. The highest BCUT2D eigenvalue weighted by Crippen LogP contribution is 2.39. The van der Waals surface area contributed by atoms with Crippen LogP contribution in [0.1, 0.15) is 12.8 Å². The number of benzene rings is 1. The third-order valence-corrected chi connectivity index (χ3v) is 3.82. The molecule has 0 aromatic heterocycles. The summed E-state index contributed by atoms with van der Waals surface area (Å²) in [6.07, 6.45) is 2.06. The van der Waals surface area contributed by atoms with Gasteiger partial charge in [-0.05, 0) is 28.8 Å². The van der Waals surface area contributed by atoms with Crippen molar-refractivity contribution in [2.45, 2.75) is 24.9 Å². The zero-order valence-electron chi connectivity index (χ0n) is 9.41. The number of halogens is 1. The van der Waals surface area contributed by atoms with Crippen molar-refractivity contribution in [1.29, 1.82) is 0 Å². The fourth-order valence-corrected chi connectivity index (χ4v) is 2.61.